The highest BCUT2D eigenvalue weighted by atomic mass is 16.6. The molecule has 2 aromatic rings. The Morgan fingerprint density at radius 2 is 1.64 bits per heavy atom. The minimum atomic E-state index is -0.582. The third-order valence-electron chi connectivity index (χ3n) is 3.34. The van der Waals surface area contributed by atoms with Crippen molar-refractivity contribution in [3.8, 4) is 5.75 Å². The molecule has 2 rings (SSSR count). The van der Waals surface area contributed by atoms with E-state index in [1.165, 1.54) is 14.2 Å². The van der Waals surface area contributed by atoms with Crippen LogP contribution in [0, 0.1) is 0 Å². The molecule has 22 heavy (non-hydrogen) atoms. The molecule has 0 spiro atoms. The molecule has 0 N–H and O–H groups in total. The van der Waals surface area contributed by atoms with Crippen LogP contribution in [0.15, 0.2) is 54.6 Å². The Bertz CT molecular complexity index is 578. The second kappa shape index (κ2) is 8.20. The highest BCUT2D eigenvalue weighted by molar-refractivity contribution is 5.74. The number of ether oxygens (including phenoxy) is 3. The number of carbonyl (C=O) groups excluding carboxylic acids is 1. The first-order chi connectivity index (χ1) is 10.7. The smallest absolute Gasteiger partial charge is 0.335 e. The van der Waals surface area contributed by atoms with Crippen molar-refractivity contribution >= 4 is 5.97 Å². The highest BCUT2D eigenvalue weighted by Crippen LogP contribution is 2.16. The molecular formula is C18H20O4. The Labute approximate surface area is 130 Å². The molecule has 0 aromatic heterocycles. The van der Waals surface area contributed by atoms with Crippen molar-refractivity contribution in [1.29, 1.82) is 0 Å². The van der Waals surface area contributed by atoms with Gasteiger partial charge in [0.05, 0.1) is 7.11 Å². The summed E-state index contributed by atoms with van der Waals surface area (Å²) in [5.74, 6) is 0.423. The number of methoxy groups -OCH3 is 2. The van der Waals surface area contributed by atoms with Crippen LogP contribution in [-0.2, 0) is 27.3 Å². The molecule has 116 valence electrons. The Balaban J connectivity index is 1.91. The lowest BCUT2D eigenvalue weighted by Crippen LogP contribution is -2.26. The molecule has 0 aliphatic carbocycles. The van der Waals surface area contributed by atoms with E-state index in [9.17, 15) is 4.79 Å². The van der Waals surface area contributed by atoms with E-state index in [-0.39, 0.29) is 5.97 Å². The number of hydrogen-bond donors (Lipinski definition) is 0. The molecule has 2 aromatic carbocycles. The minimum Gasteiger partial charge on any atom is -0.489 e. The second-order valence-corrected chi connectivity index (χ2v) is 4.87. The van der Waals surface area contributed by atoms with Gasteiger partial charge >= 0.3 is 5.97 Å². The summed E-state index contributed by atoms with van der Waals surface area (Å²) in [4.78, 5) is 11.5. The molecule has 0 heterocycles. The monoisotopic (exact) mass is 300 g/mol. The van der Waals surface area contributed by atoms with E-state index in [1.54, 1.807) is 0 Å². The number of hydrogen-bond acceptors (Lipinski definition) is 4. The average Bonchev–Trinajstić information content (AvgIpc) is 2.59. The van der Waals surface area contributed by atoms with Gasteiger partial charge in [-0.2, -0.15) is 0 Å². The van der Waals surface area contributed by atoms with Crippen LogP contribution in [0.2, 0.25) is 0 Å². The summed E-state index contributed by atoms with van der Waals surface area (Å²) < 4.78 is 15.6. The topological polar surface area (TPSA) is 44.8 Å². The van der Waals surface area contributed by atoms with Crippen LogP contribution in [0.25, 0.3) is 0 Å². The van der Waals surface area contributed by atoms with Crippen molar-refractivity contribution in [1.82, 2.24) is 0 Å². The molecule has 4 heteroatoms. The van der Waals surface area contributed by atoms with Crippen molar-refractivity contribution in [3.63, 3.8) is 0 Å². The minimum absolute atomic E-state index is 0.369. The fourth-order valence-electron chi connectivity index (χ4n) is 2.07. The second-order valence-electron chi connectivity index (χ2n) is 4.87. The van der Waals surface area contributed by atoms with Crippen LogP contribution in [-0.4, -0.2) is 26.3 Å². The maximum Gasteiger partial charge on any atom is 0.335 e. The van der Waals surface area contributed by atoms with Gasteiger partial charge in [-0.25, -0.2) is 4.79 Å². The number of carbonyl (C=O) groups is 1. The normalized spacial score (nSPS) is 11.7. The largest absolute Gasteiger partial charge is 0.489 e. The van der Waals surface area contributed by atoms with E-state index in [0.717, 1.165) is 16.9 Å². The predicted octanol–water partition coefficient (Wildman–Crippen LogP) is 3.00. The number of benzene rings is 2. The molecule has 0 saturated heterocycles. The molecule has 1 unspecified atom stereocenters. The summed E-state index contributed by atoms with van der Waals surface area (Å²) in [6, 6.07) is 17.6. The van der Waals surface area contributed by atoms with Gasteiger partial charge in [-0.1, -0.05) is 42.5 Å². The summed E-state index contributed by atoms with van der Waals surface area (Å²) in [5, 5.41) is 0. The lowest BCUT2D eigenvalue weighted by molar-refractivity contribution is -0.152. The highest BCUT2D eigenvalue weighted by Gasteiger charge is 2.18. The zero-order valence-corrected chi connectivity index (χ0v) is 12.8. The maximum atomic E-state index is 11.5. The van der Waals surface area contributed by atoms with Gasteiger partial charge < -0.3 is 14.2 Å². The lowest BCUT2D eigenvalue weighted by Gasteiger charge is -2.13. The van der Waals surface area contributed by atoms with Gasteiger partial charge in [0.15, 0.2) is 6.10 Å². The van der Waals surface area contributed by atoms with E-state index in [2.05, 4.69) is 0 Å². The van der Waals surface area contributed by atoms with Crippen LogP contribution in [0.1, 0.15) is 11.1 Å². The van der Waals surface area contributed by atoms with Gasteiger partial charge in [0, 0.05) is 13.5 Å². The quantitative estimate of drug-likeness (QED) is 0.737. The molecule has 0 amide bonds. The summed E-state index contributed by atoms with van der Waals surface area (Å²) in [5.41, 5.74) is 2.11. The van der Waals surface area contributed by atoms with Crippen LogP contribution in [0.4, 0.5) is 0 Å². The van der Waals surface area contributed by atoms with Crippen molar-refractivity contribution in [2.45, 2.75) is 19.1 Å². The summed E-state index contributed by atoms with van der Waals surface area (Å²) in [7, 11) is 2.85. The number of esters is 1. The number of rotatable bonds is 7. The van der Waals surface area contributed by atoms with Crippen LogP contribution >= 0.6 is 0 Å². The van der Waals surface area contributed by atoms with Gasteiger partial charge in [0.25, 0.3) is 0 Å². The molecule has 0 aliphatic heterocycles. The molecule has 0 fully saturated rings. The molecule has 0 saturated carbocycles. The van der Waals surface area contributed by atoms with Gasteiger partial charge in [-0.05, 0) is 23.3 Å². The zero-order chi connectivity index (χ0) is 15.8. The molecular weight excluding hydrogens is 280 g/mol. The lowest BCUT2D eigenvalue weighted by atomic mass is 10.1. The average molecular weight is 300 g/mol. The third-order valence-corrected chi connectivity index (χ3v) is 3.34. The maximum absolute atomic E-state index is 11.5. The van der Waals surface area contributed by atoms with Crippen LogP contribution in [0.3, 0.4) is 0 Å². The fourth-order valence-corrected chi connectivity index (χ4v) is 2.07. The van der Waals surface area contributed by atoms with E-state index in [1.807, 2.05) is 54.6 Å². The Kier molecular flexibility index (Phi) is 5.98. The molecule has 0 radical (unpaired) electrons. The van der Waals surface area contributed by atoms with Gasteiger partial charge in [-0.15, -0.1) is 0 Å². The van der Waals surface area contributed by atoms with E-state index < -0.39 is 6.10 Å². The zero-order valence-electron chi connectivity index (χ0n) is 12.8. The Morgan fingerprint density at radius 1 is 0.955 bits per heavy atom. The first-order valence-electron chi connectivity index (χ1n) is 7.09. The van der Waals surface area contributed by atoms with Gasteiger partial charge in [-0.3, -0.25) is 0 Å². The molecule has 0 bridgehead atoms. The van der Waals surface area contributed by atoms with E-state index in [4.69, 9.17) is 14.2 Å². The fraction of sp³-hybridized carbons (Fsp3) is 0.278. The van der Waals surface area contributed by atoms with Gasteiger partial charge in [0.2, 0.25) is 0 Å². The SMILES string of the molecule is COC(=O)C(Cc1ccc(OCc2ccccc2)cc1)OC. The summed E-state index contributed by atoms with van der Waals surface area (Å²) in [6.07, 6.45) is -0.108. The van der Waals surface area contributed by atoms with Crippen molar-refractivity contribution < 1.29 is 19.0 Å². The van der Waals surface area contributed by atoms with Crippen LogP contribution < -0.4 is 4.74 Å². The van der Waals surface area contributed by atoms with Crippen molar-refractivity contribution in [2.75, 3.05) is 14.2 Å². The molecule has 0 aliphatic rings. The molecule has 1 atom stereocenters. The summed E-state index contributed by atoms with van der Waals surface area (Å²) in [6.45, 7) is 0.531. The Hall–Kier alpha value is -2.33. The van der Waals surface area contributed by atoms with Crippen LogP contribution in [0.5, 0.6) is 5.75 Å². The standard InChI is InChI=1S/C18H20O4/c1-20-17(18(19)21-2)12-14-8-10-16(11-9-14)22-13-15-6-4-3-5-7-15/h3-11,17H,12-13H2,1-2H3. The van der Waals surface area contributed by atoms with E-state index >= 15 is 0 Å². The Morgan fingerprint density at radius 3 is 2.23 bits per heavy atom. The third kappa shape index (κ3) is 4.60. The first kappa shape index (κ1) is 16.0. The predicted molar refractivity (Wildman–Crippen MR) is 83.7 cm³/mol. The van der Waals surface area contributed by atoms with E-state index in [0.29, 0.717) is 13.0 Å². The van der Waals surface area contributed by atoms with Crippen molar-refractivity contribution in [3.05, 3.63) is 65.7 Å². The first-order valence-corrected chi connectivity index (χ1v) is 7.09. The van der Waals surface area contributed by atoms with Crippen molar-refractivity contribution in [2.24, 2.45) is 0 Å². The summed E-state index contributed by atoms with van der Waals surface area (Å²) >= 11 is 0. The molecule has 4 nitrogen and oxygen atoms in total. The van der Waals surface area contributed by atoms with Gasteiger partial charge in [0.1, 0.15) is 12.4 Å².